The summed E-state index contributed by atoms with van der Waals surface area (Å²) in [7, 11) is 0. The Hall–Kier alpha value is -3.43. The second-order valence-electron chi connectivity index (χ2n) is 9.15. The first-order chi connectivity index (χ1) is 17.4. The highest BCUT2D eigenvalue weighted by Gasteiger charge is 2.36. The Morgan fingerprint density at radius 3 is 2.19 bits per heavy atom. The molecule has 2 fully saturated rings. The van der Waals surface area contributed by atoms with Crippen LogP contribution in [0.4, 0.5) is 23.4 Å². The number of pyridine rings is 1. The van der Waals surface area contributed by atoms with Gasteiger partial charge in [0.05, 0.1) is 11.6 Å². The molecule has 10 heteroatoms. The number of halogens is 4. The molecule has 0 spiro atoms. The number of nitrogens with zero attached hydrogens (tertiary/aromatic N) is 6. The number of alkyl halides is 3. The third kappa shape index (κ3) is 5.37. The van der Waals surface area contributed by atoms with Gasteiger partial charge < -0.3 is 14.7 Å². The molecule has 0 N–H and O–H groups in total. The summed E-state index contributed by atoms with van der Waals surface area (Å²) in [5.41, 5.74) is 0.157. The average Bonchev–Trinajstić information content (AvgIpc) is 3.13. The third-order valence-electron chi connectivity index (χ3n) is 6.74. The van der Waals surface area contributed by atoms with Gasteiger partial charge in [-0.15, -0.1) is 0 Å². The number of piperazine rings is 1. The third-order valence-corrected chi connectivity index (χ3v) is 6.74. The summed E-state index contributed by atoms with van der Waals surface area (Å²) >= 11 is 0. The molecule has 0 saturated carbocycles. The van der Waals surface area contributed by atoms with E-state index in [1.54, 1.807) is 17.0 Å². The van der Waals surface area contributed by atoms with E-state index in [9.17, 15) is 17.6 Å². The second-order valence-corrected chi connectivity index (χ2v) is 9.15. The summed E-state index contributed by atoms with van der Waals surface area (Å²) in [5.74, 6) is 1.05. The van der Waals surface area contributed by atoms with Crippen molar-refractivity contribution in [3.8, 4) is 0 Å². The highest BCUT2D eigenvalue weighted by molar-refractivity contribution is 6.03. The van der Waals surface area contributed by atoms with Crippen LogP contribution in [-0.4, -0.2) is 65.8 Å². The summed E-state index contributed by atoms with van der Waals surface area (Å²) in [6.45, 7) is 3.55. The number of hydrogen-bond acceptors (Lipinski definition) is 6. The zero-order valence-corrected chi connectivity index (χ0v) is 19.8. The number of piperidine rings is 1. The van der Waals surface area contributed by atoms with Gasteiger partial charge in [0.15, 0.2) is 0 Å². The maximum Gasteiger partial charge on any atom is 0.419 e. The molecule has 2 saturated heterocycles. The van der Waals surface area contributed by atoms with Crippen LogP contribution in [0.5, 0.6) is 0 Å². The number of aromatic nitrogens is 1. The normalized spacial score (nSPS) is 21.2. The fourth-order valence-electron chi connectivity index (χ4n) is 4.80. The van der Waals surface area contributed by atoms with E-state index in [-0.39, 0.29) is 17.7 Å². The van der Waals surface area contributed by atoms with Crippen LogP contribution >= 0.6 is 0 Å². The Balaban J connectivity index is 1.37. The van der Waals surface area contributed by atoms with E-state index in [1.165, 1.54) is 30.8 Å². The van der Waals surface area contributed by atoms with Crippen molar-refractivity contribution in [2.24, 2.45) is 9.98 Å². The van der Waals surface area contributed by atoms with Crippen LogP contribution in [0.3, 0.4) is 0 Å². The molecule has 0 bridgehead atoms. The predicted molar refractivity (Wildman–Crippen MR) is 132 cm³/mol. The molecule has 1 aromatic carbocycles. The lowest BCUT2D eigenvalue weighted by Crippen LogP contribution is -2.49. The first kappa shape index (κ1) is 24.3. The van der Waals surface area contributed by atoms with Gasteiger partial charge in [0, 0.05) is 45.5 Å². The standard InChI is InChI=1S/C26H28F4N6/c27-20-8-6-19(7-9-20)22-10-11-23(33-25(32-22)36-13-2-1-3-14-36)34-15-17-35(18-16-34)24-21(26(28,29)30)5-4-12-31-24/h4-12,22H,1-3,13-18H2. The molecular formula is C26H28F4N6. The van der Waals surface area contributed by atoms with Gasteiger partial charge in [-0.2, -0.15) is 18.2 Å². The molecule has 5 rings (SSSR count). The van der Waals surface area contributed by atoms with Gasteiger partial charge in [-0.1, -0.05) is 18.2 Å². The number of rotatable bonds is 2. The van der Waals surface area contributed by atoms with Crippen molar-refractivity contribution in [3.05, 3.63) is 71.7 Å². The van der Waals surface area contributed by atoms with Crippen molar-refractivity contribution >= 4 is 17.6 Å². The monoisotopic (exact) mass is 500 g/mol. The predicted octanol–water partition coefficient (Wildman–Crippen LogP) is 4.91. The van der Waals surface area contributed by atoms with Gasteiger partial charge in [0.1, 0.15) is 17.5 Å². The molecule has 0 amide bonds. The molecule has 0 radical (unpaired) electrons. The minimum Gasteiger partial charge on any atom is -0.353 e. The van der Waals surface area contributed by atoms with Gasteiger partial charge in [-0.05, 0) is 55.2 Å². The minimum absolute atomic E-state index is 0.0325. The lowest BCUT2D eigenvalue weighted by molar-refractivity contribution is -0.137. The Bertz CT molecular complexity index is 1140. The van der Waals surface area contributed by atoms with Crippen molar-refractivity contribution in [1.82, 2.24) is 14.8 Å². The maximum atomic E-state index is 13.5. The van der Waals surface area contributed by atoms with Crippen LogP contribution in [0.2, 0.25) is 0 Å². The molecule has 1 atom stereocenters. The van der Waals surface area contributed by atoms with Crippen LogP contribution < -0.4 is 4.90 Å². The summed E-state index contributed by atoms with van der Waals surface area (Å²) in [6.07, 6.45) is 4.14. The smallest absolute Gasteiger partial charge is 0.353 e. The van der Waals surface area contributed by atoms with Crippen LogP contribution in [0.25, 0.3) is 0 Å². The van der Waals surface area contributed by atoms with Crippen LogP contribution in [0.15, 0.2) is 64.7 Å². The van der Waals surface area contributed by atoms with Gasteiger partial charge in [-0.25, -0.2) is 14.4 Å². The van der Waals surface area contributed by atoms with Crippen molar-refractivity contribution < 1.29 is 17.6 Å². The number of guanidine groups is 1. The first-order valence-electron chi connectivity index (χ1n) is 12.3. The SMILES string of the molecule is Fc1ccc(C2C=CC(N3CCN(c4ncccc4C(F)(F)F)CC3)=NC(N3CCCCC3)=N2)cc1. The van der Waals surface area contributed by atoms with Crippen LogP contribution in [0, 0.1) is 5.82 Å². The molecule has 0 aliphatic carbocycles. The van der Waals surface area contributed by atoms with Crippen LogP contribution in [-0.2, 0) is 6.18 Å². The fourth-order valence-corrected chi connectivity index (χ4v) is 4.80. The van der Waals surface area contributed by atoms with Crippen molar-refractivity contribution in [2.75, 3.05) is 44.2 Å². The number of amidine groups is 1. The summed E-state index contributed by atoms with van der Waals surface area (Å²) < 4.78 is 54.0. The highest BCUT2D eigenvalue weighted by Crippen LogP contribution is 2.35. The Morgan fingerprint density at radius 2 is 1.50 bits per heavy atom. The van der Waals surface area contributed by atoms with Crippen molar-refractivity contribution in [1.29, 1.82) is 0 Å². The lowest BCUT2D eigenvalue weighted by Gasteiger charge is -2.37. The summed E-state index contributed by atoms with van der Waals surface area (Å²) in [4.78, 5) is 19.8. The van der Waals surface area contributed by atoms with Gasteiger partial charge in [0.2, 0.25) is 5.96 Å². The molecule has 4 heterocycles. The molecule has 3 aliphatic rings. The van der Waals surface area contributed by atoms with Gasteiger partial charge >= 0.3 is 6.18 Å². The van der Waals surface area contributed by atoms with E-state index in [0.29, 0.717) is 32.1 Å². The molecule has 36 heavy (non-hydrogen) atoms. The Morgan fingerprint density at radius 1 is 0.806 bits per heavy atom. The van der Waals surface area contributed by atoms with E-state index in [2.05, 4.69) is 14.8 Å². The highest BCUT2D eigenvalue weighted by atomic mass is 19.4. The molecule has 6 nitrogen and oxygen atoms in total. The number of aliphatic imine (C=N–C) groups is 2. The molecular weight excluding hydrogens is 472 g/mol. The molecule has 190 valence electrons. The van der Waals surface area contributed by atoms with E-state index in [1.807, 2.05) is 12.2 Å². The van der Waals surface area contributed by atoms with E-state index in [0.717, 1.165) is 43.4 Å². The molecule has 1 aromatic heterocycles. The largest absolute Gasteiger partial charge is 0.419 e. The van der Waals surface area contributed by atoms with Gasteiger partial charge in [0.25, 0.3) is 0 Å². The number of hydrogen-bond donors (Lipinski definition) is 0. The second kappa shape index (κ2) is 10.3. The summed E-state index contributed by atoms with van der Waals surface area (Å²) in [6, 6.07) is 8.41. The zero-order valence-electron chi connectivity index (χ0n) is 19.8. The number of anilines is 1. The summed E-state index contributed by atoms with van der Waals surface area (Å²) in [5, 5.41) is 0. The quantitative estimate of drug-likeness (QED) is 0.550. The molecule has 1 unspecified atom stereocenters. The van der Waals surface area contributed by atoms with Crippen LogP contribution in [0.1, 0.15) is 36.4 Å². The number of likely N-dealkylation sites (tertiary alicyclic amines) is 1. The molecule has 2 aromatic rings. The average molecular weight is 501 g/mol. The Kier molecular flexibility index (Phi) is 6.93. The molecule has 3 aliphatic heterocycles. The topological polar surface area (TPSA) is 47.3 Å². The zero-order chi connectivity index (χ0) is 25.1. The van der Waals surface area contributed by atoms with E-state index in [4.69, 9.17) is 9.98 Å². The van der Waals surface area contributed by atoms with E-state index >= 15 is 0 Å². The van der Waals surface area contributed by atoms with Crippen molar-refractivity contribution in [2.45, 2.75) is 31.5 Å². The Labute approximate surface area is 207 Å². The minimum atomic E-state index is -4.45. The first-order valence-corrected chi connectivity index (χ1v) is 12.3. The fraction of sp³-hybridized carbons (Fsp3) is 0.423. The van der Waals surface area contributed by atoms with Gasteiger partial charge in [-0.3, -0.25) is 0 Å². The van der Waals surface area contributed by atoms with Crippen molar-refractivity contribution in [3.63, 3.8) is 0 Å². The van der Waals surface area contributed by atoms with E-state index < -0.39 is 11.7 Å². The lowest BCUT2D eigenvalue weighted by atomic mass is 10.1. The maximum absolute atomic E-state index is 13.5. The number of benzene rings is 1.